The highest BCUT2D eigenvalue weighted by Crippen LogP contribution is 2.25. The molecule has 0 unspecified atom stereocenters. The molecule has 0 aliphatic carbocycles. The summed E-state index contributed by atoms with van der Waals surface area (Å²) < 4.78 is 25.3. The minimum atomic E-state index is -2.58. The first kappa shape index (κ1) is 16.2. The quantitative estimate of drug-likeness (QED) is 0.767. The van der Waals surface area contributed by atoms with Crippen molar-refractivity contribution in [1.29, 1.82) is 0 Å². The highest BCUT2D eigenvalue weighted by molar-refractivity contribution is 6.00. The van der Waals surface area contributed by atoms with E-state index >= 15 is 0 Å². The van der Waals surface area contributed by atoms with Gasteiger partial charge in [-0.2, -0.15) is 0 Å². The van der Waals surface area contributed by atoms with E-state index in [1.54, 1.807) is 20.2 Å². The van der Waals surface area contributed by atoms with Gasteiger partial charge in [-0.3, -0.25) is 4.79 Å². The van der Waals surface area contributed by atoms with Crippen LogP contribution in [-0.2, 0) is 0 Å². The second-order valence-corrected chi connectivity index (χ2v) is 4.54. The zero-order valence-corrected chi connectivity index (χ0v) is 11.5. The van der Waals surface area contributed by atoms with Gasteiger partial charge in [0.15, 0.2) is 0 Å². The Labute approximate surface area is 116 Å². The third-order valence-electron chi connectivity index (χ3n) is 2.73. The number of carbonyl (C=O) groups excluding carboxylic acids is 1. The number of carbonyl (C=O) groups is 1. The lowest BCUT2D eigenvalue weighted by atomic mass is 10.1. The smallest absolute Gasteiger partial charge is 0.255 e. The van der Waals surface area contributed by atoms with Gasteiger partial charge in [-0.1, -0.05) is 0 Å². The third-order valence-corrected chi connectivity index (χ3v) is 2.73. The Hall–Kier alpha value is -1.89. The van der Waals surface area contributed by atoms with Crippen LogP contribution in [0.15, 0.2) is 18.2 Å². The van der Waals surface area contributed by atoms with Crippen LogP contribution in [0, 0.1) is 0 Å². The van der Waals surface area contributed by atoms with Crippen LogP contribution in [0.4, 0.5) is 20.2 Å². The summed E-state index contributed by atoms with van der Waals surface area (Å²) in [7, 11) is 3.15. The maximum Gasteiger partial charge on any atom is 0.255 e. The topological polar surface area (TPSA) is 69.8 Å². The lowest BCUT2D eigenvalue weighted by Crippen LogP contribution is -2.34. The second-order valence-electron chi connectivity index (χ2n) is 4.54. The van der Waals surface area contributed by atoms with E-state index in [0.29, 0.717) is 11.4 Å². The van der Waals surface area contributed by atoms with Crippen LogP contribution < -0.4 is 10.6 Å². The van der Waals surface area contributed by atoms with E-state index in [1.165, 1.54) is 21.9 Å². The standard InChI is InChI=1S/C13H19F2N3O2/c1-17(2)13(20)10-4-3-9(16)7-11(10)18(5-6-19)8-12(14)15/h3-4,7,12,19H,5-6,8,16H2,1-2H3. The molecule has 1 amide bonds. The highest BCUT2D eigenvalue weighted by Gasteiger charge is 2.20. The molecule has 0 saturated heterocycles. The van der Waals surface area contributed by atoms with Gasteiger partial charge < -0.3 is 20.6 Å². The molecule has 0 aromatic heterocycles. The van der Waals surface area contributed by atoms with E-state index in [9.17, 15) is 13.6 Å². The number of nitrogens with zero attached hydrogens (tertiary/aromatic N) is 2. The van der Waals surface area contributed by atoms with Crippen molar-refractivity contribution in [3.63, 3.8) is 0 Å². The third kappa shape index (κ3) is 4.06. The summed E-state index contributed by atoms with van der Waals surface area (Å²) >= 11 is 0. The summed E-state index contributed by atoms with van der Waals surface area (Å²) in [4.78, 5) is 14.7. The Bertz CT molecular complexity index is 467. The molecule has 5 nitrogen and oxygen atoms in total. The number of amides is 1. The first-order valence-electron chi connectivity index (χ1n) is 6.12. The fourth-order valence-corrected chi connectivity index (χ4v) is 1.83. The van der Waals surface area contributed by atoms with E-state index < -0.39 is 13.0 Å². The number of aliphatic hydroxyl groups excluding tert-OH is 1. The summed E-state index contributed by atoms with van der Waals surface area (Å²) in [6.45, 7) is -0.865. The lowest BCUT2D eigenvalue weighted by molar-refractivity contribution is 0.0827. The molecule has 0 heterocycles. The van der Waals surface area contributed by atoms with Gasteiger partial charge in [-0.25, -0.2) is 8.78 Å². The average molecular weight is 287 g/mol. The number of hydrogen-bond acceptors (Lipinski definition) is 4. The van der Waals surface area contributed by atoms with Gasteiger partial charge in [-0.15, -0.1) is 0 Å². The molecule has 1 rings (SSSR count). The summed E-state index contributed by atoms with van der Waals surface area (Å²) in [5.74, 6) is -0.308. The normalized spacial score (nSPS) is 10.7. The molecule has 0 atom stereocenters. The van der Waals surface area contributed by atoms with Crippen LogP contribution in [0.25, 0.3) is 0 Å². The van der Waals surface area contributed by atoms with E-state index in [0.717, 1.165) is 0 Å². The van der Waals surface area contributed by atoms with Crippen molar-refractivity contribution in [2.45, 2.75) is 6.43 Å². The van der Waals surface area contributed by atoms with E-state index in [1.807, 2.05) is 0 Å². The van der Waals surface area contributed by atoms with Crippen LogP contribution in [0.2, 0.25) is 0 Å². The fraction of sp³-hybridized carbons (Fsp3) is 0.462. The Morgan fingerprint density at radius 1 is 1.40 bits per heavy atom. The minimum absolute atomic E-state index is 0.00149. The molecule has 1 aromatic carbocycles. The van der Waals surface area contributed by atoms with E-state index in [-0.39, 0.29) is 24.6 Å². The van der Waals surface area contributed by atoms with E-state index in [2.05, 4.69) is 0 Å². The van der Waals surface area contributed by atoms with Gasteiger partial charge in [0, 0.05) is 26.3 Å². The number of aliphatic hydroxyl groups is 1. The monoisotopic (exact) mass is 287 g/mol. The largest absolute Gasteiger partial charge is 0.399 e. The molecule has 0 aliphatic rings. The van der Waals surface area contributed by atoms with Crippen LogP contribution in [0.3, 0.4) is 0 Å². The van der Waals surface area contributed by atoms with Gasteiger partial charge >= 0.3 is 0 Å². The number of nitrogens with two attached hydrogens (primary N) is 1. The van der Waals surface area contributed by atoms with Crippen molar-refractivity contribution in [2.24, 2.45) is 0 Å². The first-order valence-corrected chi connectivity index (χ1v) is 6.12. The van der Waals surface area contributed by atoms with Crippen LogP contribution in [-0.4, -0.2) is 56.1 Å². The van der Waals surface area contributed by atoms with Crippen molar-refractivity contribution in [3.8, 4) is 0 Å². The number of benzene rings is 1. The predicted octanol–water partition coefficient (Wildman–Crippen LogP) is 1.03. The summed E-state index contributed by atoms with van der Waals surface area (Å²) in [6.07, 6.45) is -2.58. The zero-order chi connectivity index (χ0) is 15.3. The molecule has 0 aliphatic heterocycles. The van der Waals surface area contributed by atoms with Crippen LogP contribution >= 0.6 is 0 Å². The molecular weight excluding hydrogens is 268 g/mol. The van der Waals surface area contributed by atoms with Gasteiger partial charge in [-0.05, 0) is 18.2 Å². The van der Waals surface area contributed by atoms with Crippen LogP contribution in [0.5, 0.6) is 0 Å². The molecule has 112 valence electrons. The molecule has 20 heavy (non-hydrogen) atoms. The van der Waals surface area contributed by atoms with Crippen molar-refractivity contribution in [3.05, 3.63) is 23.8 Å². The summed E-state index contributed by atoms with van der Waals surface area (Å²) in [6, 6.07) is 4.51. The predicted molar refractivity (Wildman–Crippen MR) is 74.2 cm³/mol. The molecule has 3 N–H and O–H groups in total. The molecule has 0 saturated carbocycles. The minimum Gasteiger partial charge on any atom is -0.399 e. The molecular formula is C13H19F2N3O2. The first-order chi connectivity index (χ1) is 9.36. The van der Waals surface area contributed by atoms with Crippen molar-refractivity contribution in [1.82, 2.24) is 4.90 Å². The fourth-order valence-electron chi connectivity index (χ4n) is 1.83. The molecule has 0 fully saturated rings. The molecule has 7 heteroatoms. The zero-order valence-electron chi connectivity index (χ0n) is 11.5. The van der Waals surface area contributed by atoms with Crippen molar-refractivity contribution < 1.29 is 18.7 Å². The SMILES string of the molecule is CN(C)C(=O)c1ccc(N)cc1N(CCO)CC(F)F. The molecule has 0 spiro atoms. The van der Waals surface area contributed by atoms with Crippen molar-refractivity contribution in [2.75, 3.05) is 44.4 Å². The Kier molecular flexibility index (Phi) is 5.69. The van der Waals surface area contributed by atoms with Gasteiger partial charge in [0.2, 0.25) is 0 Å². The second kappa shape index (κ2) is 7.04. The summed E-state index contributed by atoms with van der Waals surface area (Å²) in [5, 5.41) is 9.01. The maximum absolute atomic E-state index is 12.6. The average Bonchev–Trinajstić information content (AvgIpc) is 2.36. The number of halogens is 2. The number of rotatable bonds is 6. The Morgan fingerprint density at radius 2 is 2.05 bits per heavy atom. The van der Waals surface area contributed by atoms with Crippen LogP contribution in [0.1, 0.15) is 10.4 Å². The summed E-state index contributed by atoms with van der Waals surface area (Å²) in [5.41, 5.74) is 6.61. The molecule has 1 aromatic rings. The lowest BCUT2D eigenvalue weighted by Gasteiger charge is -2.26. The van der Waals surface area contributed by atoms with Gasteiger partial charge in [0.05, 0.1) is 24.4 Å². The highest BCUT2D eigenvalue weighted by atomic mass is 19.3. The molecule has 0 radical (unpaired) electrons. The Morgan fingerprint density at radius 3 is 2.55 bits per heavy atom. The molecule has 0 bridgehead atoms. The Balaban J connectivity index is 3.23. The number of hydrogen-bond donors (Lipinski definition) is 2. The van der Waals surface area contributed by atoms with Crippen molar-refractivity contribution >= 4 is 17.3 Å². The van der Waals surface area contributed by atoms with Gasteiger partial charge in [0.1, 0.15) is 0 Å². The number of alkyl halides is 2. The van der Waals surface area contributed by atoms with E-state index in [4.69, 9.17) is 10.8 Å². The maximum atomic E-state index is 12.6. The van der Waals surface area contributed by atoms with Gasteiger partial charge in [0.25, 0.3) is 12.3 Å². The number of nitrogen functional groups attached to an aromatic ring is 1. The number of anilines is 2.